The first-order valence-electron chi connectivity index (χ1n) is 3.88. The molecule has 0 radical (unpaired) electrons. The van der Waals surface area contributed by atoms with Gasteiger partial charge in [0.2, 0.25) is 6.20 Å². The van der Waals surface area contributed by atoms with Crippen LogP contribution in [0.4, 0.5) is 0 Å². The Hall–Kier alpha value is -1.66. The molecule has 0 bridgehead atoms. The van der Waals surface area contributed by atoms with Gasteiger partial charge in [-0.25, -0.2) is 0 Å². The minimum absolute atomic E-state index is 0.241. The first-order chi connectivity index (χ1) is 6.61. The van der Waals surface area contributed by atoms with Gasteiger partial charge in [0.25, 0.3) is 0 Å². The average molecular weight is 193 g/mol. The van der Waals surface area contributed by atoms with Gasteiger partial charge in [-0.05, 0) is 11.0 Å². The van der Waals surface area contributed by atoms with Crippen molar-refractivity contribution in [3.05, 3.63) is 46.1 Å². The van der Waals surface area contributed by atoms with E-state index in [1.807, 2.05) is 0 Å². The van der Waals surface area contributed by atoms with Crippen molar-refractivity contribution in [1.29, 1.82) is 0 Å². The highest BCUT2D eigenvalue weighted by atomic mass is 16.6. The summed E-state index contributed by atoms with van der Waals surface area (Å²) in [7, 11) is -1.62. The van der Waals surface area contributed by atoms with Crippen molar-refractivity contribution in [3.63, 3.8) is 0 Å². The highest BCUT2D eigenvalue weighted by Crippen LogP contribution is 1.99. The summed E-state index contributed by atoms with van der Waals surface area (Å²) in [6, 6.07) is 6.34. The number of hydrogen-bond donors (Lipinski definition) is 2. The summed E-state index contributed by atoms with van der Waals surface area (Å²) in [6.07, 6.45) is 1.97. The molecule has 5 nitrogen and oxygen atoms in total. The van der Waals surface area contributed by atoms with Crippen molar-refractivity contribution in [2.24, 2.45) is 0 Å². The van der Waals surface area contributed by atoms with Crippen LogP contribution in [0.5, 0.6) is 0 Å². The largest absolute Gasteiger partial charge is 0.489 e. The van der Waals surface area contributed by atoms with Gasteiger partial charge in [0.05, 0.1) is 4.92 Å². The van der Waals surface area contributed by atoms with E-state index in [0.29, 0.717) is 5.56 Å². The molecule has 0 aliphatic rings. The number of hydrogen-bond acceptors (Lipinski definition) is 4. The molecule has 1 rings (SSSR count). The fourth-order valence-corrected chi connectivity index (χ4v) is 1.04. The van der Waals surface area contributed by atoms with Crippen LogP contribution in [0.2, 0.25) is 0 Å². The van der Waals surface area contributed by atoms with Gasteiger partial charge in [-0.2, -0.15) is 0 Å². The standard InChI is InChI=1S/C8H8BNO4/c11-9(12)8-4-2-1-3-7(8)5-6-10(13)14/h1-6,11-12H. The first-order valence-corrected chi connectivity index (χ1v) is 3.88. The Morgan fingerprint density at radius 3 is 2.57 bits per heavy atom. The minimum atomic E-state index is -1.62. The van der Waals surface area contributed by atoms with Crippen LogP contribution in [0, 0.1) is 10.1 Å². The Morgan fingerprint density at radius 2 is 2.00 bits per heavy atom. The van der Waals surface area contributed by atoms with Crippen LogP contribution in [0.1, 0.15) is 5.56 Å². The van der Waals surface area contributed by atoms with Crippen LogP contribution in [0.15, 0.2) is 30.5 Å². The maximum absolute atomic E-state index is 10.0. The van der Waals surface area contributed by atoms with Crippen molar-refractivity contribution in [1.82, 2.24) is 0 Å². The van der Waals surface area contributed by atoms with Gasteiger partial charge in [-0.3, -0.25) is 10.1 Å². The van der Waals surface area contributed by atoms with Crippen molar-refractivity contribution in [3.8, 4) is 0 Å². The lowest BCUT2D eigenvalue weighted by Gasteiger charge is -2.02. The van der Waals surface area contributed by atoms with E-state index in [1.165, 1.54) is 12.1 Å². The summed E-state index contributed by atoms with van der Waals surface area (Å²) in [4.78, 5) is 9.44. The van der Waals surface area contributed by atoms with Crippen molar-refractivity contribution in [2.75, 3.05) is 0 Å². The molecule has 0 fully saturated rings. The molecule has 0 atom stereocenters. The van der Waals surface area contributed by atoms with E-state index in [-0.39, 0.29) is 5.46 Å². The molecule has 0 aliphatic heterocycles. The van der Waals surface area contributed by atoms with Gasteiger partial charge in [0.1, 0.15) is 0 Å². The Morgan fingerprint density at radius 1 is 1.36 bits per heavy atom. The van der Waals surface area contributed by atoms with Crippen LogP contribution in [-0.2, 0) is 0 Å². The van der Waals surface area contributed by atoms with E-state index < -0.39 is 12.0 Å². The number of nitro groups is 1. The second kappa shape index (κ2) is 4.54. The second-order valence-electron chi connectivity index (χ2n) is 2.60. The number of rotatable bonds is 3. The number of benzene rings is 1. The van der Waals surface area contributed by atoms with Crippen molar-refractivity contribution >= 4 is 18.7 Å². The van der Waals surface area contributed by atoms with Gasteiger partial charge in [-0.15, -0.1) is 0 Å². The Balaban J connectivity index is 3.01. The predicted molar refractivity (Wildman–Crippen MR) is 52.3 cm³/mol. The van der Waals surface area contributed by atoms with E-state index in [1.54, 1.807) is 18.2 Å². The summed E-state index contributed by atoms with van der Waals surface area (Å²) in [5.74, 6) is 0. The van der Waals surface area contributed by atoms with Crippen LogP contribution < -0.4 is 5.46 Å². The molecule has 72 valence electrons. The Labute approximate surface area is 80.6 Å². The van der Waals surface area contributed by atoms with Crippen LogP contribution in [0.3, 0.4) is 0 Å². The molecule has 0 saturated heterocycles. The second-order valence-corrected chi connectivity index (χ2v) is 2.60. The van der Waals surface area contributed by atoms with E-state index in [4.69, 9.17) is 10.0 Å². The van der Waals surface area contributed by atoms with Gasteiger partial charge in [0, 0.05) is 6.08 Å². The average Bonchev–Trinajstić information content (AvgIpc) is 2.15. The van der Waals surface area contributed by atoms with Crippen LogP contribution >= 0.6 is 0 Å². The molecule has 0 spiro atoms. The van der Waals surface area contributed by atoms with E-state index in [2.05, 4.69) is 0 Å². The van der Waals surface area contributed by atoms with Gasteiger partial charge >= 0.3 is 7.12 Å². The monoisotopic (exact) mass is 193 g/mol. The predicted octanol–water partition coefficient (Wildman–Crippen LogP) is -0.386. The molecule has 14 heavy (non-hydrogen) atoms. The Kier molecular flexibility index (Phi) is 3.38. The lowest BCUT2D eigenvalue weighted by Crippen LogP contribution is -2.31. The van der Waals surface area contributed by atoms with Crippen molar-refractivity contribution in [2.45, 2.75) is 0 Å². The lowest BCUT2D eigenvalue weighted by atomic mass is 9.77. The summed E-state index contributed by atoms with van der Waals surface area (Å²) in [6.45, 7) is 0. The SMILES string of the molecule is O=[N+]([O-])C=Cc1ccccc1B(O)O. The smallest absolute Gasteiger partial charge is 0.423 e. The lowest BCUT2D eigenvalue weighted by molar-refractivity contribution is -0.400. The third-order valence-electron chi connectivity index (χ3n) is 1.65. The highest BCUT2D eigenvalue weighted by Gasteiger charge is 2.13. The van der Waals surface area contributed by atoms with E-state index in [0.717, 1.165) is 6.20 Å². The molecule has 1 aromatic rings. The fraction of sp³-hybridized carbons (Fsp3) is 0. The Bertz CT molecular complexity index is 364. The van der Waals surface area contributed by atoms with Crippen LogP contribution in [-0.4, -0.2) is 22.1 Å². The molecule has 0 unspecified atom stereocenters. The van der Waals surface area contributed by atoms with Crippen LogP contribution in [0.25, 0.3) is 6.08 Å². The zero-order valence-corrected chi connectivity index (χ0v) is 7.20. The third-order valence-corrected chi connectivity index (χ3v) is 1.65. The molecular weight excluding hydrogens is 185 g/mol. The first kappa shape index (κ1) is 10.4. The molecule has 0 aromatic heterocycles. The molecule has 0 heterocycles. The topological polar surface area (TPSA) is 83.6 Å². The van der Waals surface area contributed by atoms with Gasteiger partial charge in [0.15, 0.2) is 0 Å². The zero-order valence-electron chi connectivity index (χ0n) is 7.20. The summed E-state index contributed by atoms with van der Waals surface area (Å²) >= 11 is 0. The molecule has 0 aliphatic carbocycles. The summed E-state index contributed by atoms with van der Waals surface area (Å²) in [5.41, 5.74) is 0.657. The third kappa shape index (κ3) is 2.68. The molecule has 6 heteroatoms. The number of nitrogens with zero attached hydrogens (tertiary/aromatic N) is 1. The molecular formula is C8H8BNO4. The summed E-state index contributed by atoms with van der Waals surface area (Å²) in [5, 5.41) is 27.9. The van der Waals surface area contributed by atoms with E-state index in [9.17, 15) is 10.1 Å². The van der Waals surface area contributed by atoms with Crippen molar-refractivity contribution < 1.29 is 15.0 Å². The maximum atomic E-state index is 10.0. The fourth-order valence-electron chi connectivity index (χ4n) is 1.04. The minimum Gasteiger partial charge on any atom is -0.423 e. The van der Waals surface area contributed by atoms with E-state index >= 15 is 0 Å². The van der Waals surface area contributed by atoms with Gasteiger partial charge in [-0.1, -0.05) is 24.3 Å². The normalized spacial score (nSPS) is 10.4. The van der Waals surface area contributed by atoms with Gasteiger partial charge < -0.3 is 10.0 Å². The highest BCUT2D eigenvalue weighted by molar-refractivity contribution is 6.59. The molecule has 2 N–H and O–H groups in total. The zero-order chi connectivity index (χ0) is 10.6. The molecule has 0 amide bonds. The summed E-state index contributed by atoms with van der Waals surface area (Å²) < 4.78 is 0. The maximum Gasteiger partial charge on any atom is 0.489 e. The molecule has 0 saturated carbocycles. The quantitative estimate of drug-likeness (QED) is 0.389. The molecule has 1 aromatic carbocycles.